The number of benzene rings is 2. The van der Waals surface area contributed by atoms with Gasteiger partial charge in [-0.05, 0) is 50.5 Å². The Morgan fingerprint density at radius 2 is 1.48 bits per heavy atom. The van der Waals surface area contributed by atoms with E-state index in [0.717, 1.165) is 23.3 Å². The third kappa shape index (κ3) is 7.02. The maximum atomic E-state index is 12.5. The van der Waals surface area contributed by atoms with Crippen molar-refractivity contribution >= 4 is 11.9 Å². The monoisotopic (exact) mass is 423 g/mol. The molecule has 1 heterocycles. The largest absolute Gasteiger partial charge is 0.491 e. The van der Waals surface area contributed by atoms with Gasteiger partial charge < -0.3 is 19.9 Å². The number of aryl methyl sites for hydroxylation is 1. The second kappa shape index (κ2) is 10.8. The minimum Gasteiger partial charge on any atom is -0.491 e. The summed E-state index contributed by atoms with van der Waals surface area (Å²) in [6, 6.07) is 16.0. The molecule has 6 nitrogen and oxygen atoms in total. The van der Waals surface area contributed by atoms with Crippen LogP contribution in [0.1, 0.15) is 30.5 Å². The van der Waals surface area contributed by atoms with Crippen LogP contribution in [0.2, 0.25) is 0 Å². The van der Waals surface area contributed by atoms with E-state index in [2.05, 4.69) is 5.32 Å². The first-order chi connectivity index (χ1) is 14.9. The number of ether oxygens (including phenoxy) is 1. The van der Waals surface area contributed by atoms with E-state index in [9.17, 15) is 9.59 Å². The van der Waals surface area contributed by atoms with E-state index in [0.29, 0.717) is 39.1 Å². The van der Waals surface area contributed by atoms with Crippen molar-refractivity contribution in [2.75, 3.05) is 32.7 Å². The molecule has 2 aromatic rings. The van der Waals surface area contributed by atoms with Crippen molar-refractivity contribution in [1.82, 2.24) is 15.1 Å². The molecular weight excluding hydrogens is 390 g/mol. The molecule has 1 saturated heterocycles. The van der Waals surface area contributed by atoms with Gasteiger partial charge in [0.25, 0.3) is 0 Å². The van der Waals surface area contributed by atoms with Crippen molar-refractivity contribution in [1.29, 1.82) is 0 Å². The Bertz CT molecular complexity index is 855. The van der Waals surface area contributed by atoms with E-state index in [-0.39, 0.29) is 18.0 Å². The van der Waals surface area contributed by atoms with Crippen LogP contribution in [-0.4, -0.2) is 60.6 Å². The van der Waals surface area contributed by atoms with Gasteiger partial charge in [-0.3, -0.25) is 4.79 Å². The third-order valence-electron chi connectivity index (χ3n) is 5.38. The van der Waals surface area contributed by atoms with Gasteiger partial charge in [-0.1, -0.05) is 42.0 Å². The Morgan fingerprint density at radius 3 is 2.10 bits per heavy atom. The molecule has 3 amide bonds. The van der Waals surface area contributed by atoms with Crippen LogP contribution in [0.4, 0.5) is 4.79 Å². The van der Waals surface area contributed by atoms with Crippen LogP contribution in [0.15, 0.2) is 48.5 Å². The molecule has 1 aliphatic heterocycles. The van der Waals surface area contributed by atoms with Gasteiger partial charge in [-0.15, -0.1) is 0 Å². The summed E-state index contributed by atoms with van der Waals surface area (Å²) in [5.41, 5.74) is 3.37. The first-order valence-electron chi connectivity index (χ1n) is 11.0. The van der Waals surface area contributed by atoms with E-state index in [4.69, 9.17) is 4.74 Å². The van der Waals surface area contributed by atoms with Gasteiger partial charge >= 0.3 is 6.03 Å². The number of piperazine rings is 1. The molecule has 3 rings (SSSR count). The molecule has 2 aromatic carbocycles. The summed E-state index contributed by atoms with van der Waals surface area (Å²) in [4.78, 5) is 28.6. The fraction of sp³-hybridized carbons (Fsp3) is 0.440. The van der Waals surface area contributed by atoms with Crippen LogP contribution in [-0.2, 0) is 17.6 Å². The molecule has 0 saturated carbocycles. The number of rotatable bonds is 7. The molecule has 0 aliphatic carbocycles. The number of hydrogen-bond acceptors (Lipinski definition) is 3. The Kier molecular flexibility index (Phi) is 7.93. The molecule has 0 aromatic heterocycles. The molecule has 1 aliphatic rings. The van der Waals surface area contributed by atoms with Gasteiger partial charge in [0.05, 0.1) is 12.5 Å². The molecule has 1 fully saturated rings. The molecule has 6 heteroatoms. The minimum atomic E-state index is -0.0644. The van der Waals surface area contributed by atoms with Crippen LogP contribution in [0.25, 0.3) is 0 Å². The highest BCUT2D eigenvalue weighted by Gasteiger charge is 2.23. The topological polar surface area (TPSA) is 61.9 Å². The third-order valence-corrected chi connectivity index (χ3v) is 5.38. The van der Waals surface area contributed by atoms with E-state index < -0.39 is 0 Å². The second-order valence-electron chi connectivity index (χ2n) is 8.32. The van der Waals surface area contributed by atoms with Crippen LogP contribution < -0.4 is 10.1 Å². The highest BCUT2D eigenvalue weighted by molar-refractivity contribution is 5.79. The molecule has 0 bridgehead atoms. The number of carbonyl (C=O) groups excluding carboxylic acids is 2. The van der Waals surface area contributed by atoms with E-state index in [1.54, 1.807) is 4.90 Å². The second-order valence-corrected chi connectivity index (χ2v) is 8.32. The molecule has 1 N–H and O–H groups in total. The van der Waals surface area contributed by atoms with Gasteiger partial charge in [-0.25, -0.2) is 4.79 Å². The smallest absolute Gasteiger partial charge is 0.317 e. The number of urea groups is 1. The molecule has 166 valence electrons. The molecule has 0 radical (unpaired) electrons. The van der Waals surface area contributed by atoms with E-state index >= 15 is 0 Å². The highest BCUT2D eigenvalue weighted by Crippen LogP contribution is 2.14. The lowest BCUT2D eigenvalue weighted by Gasteiger charge is -2.34. The average Bonchev–Trinajstić information content (AvgIpc) is 2.76. The Labute approximate surface area is 185 Å². The van der Waals surface area contributed by atoms with Crippen molar-refractivity contribution < 1.29 is 14.3 Å². The fourth-order valence-electron chi connectivity index (χ4n) is 3.58. The standard InChI is InChI=1S/C25H33N3O3/c1-19(2)31-23-10-8-21(9-11-23)12-13-26-25(30)28-16-14-27(15-17-28)24(29)18-22-6-4-20(3)5-7-22/h4-11,19H,12-18H2,1-3H3,(H,26,30). The number of amides is 3. The highest BCUT2D eigenvalue weighted by atomic mass is 16.5. The lowest BCUT2D eigenvalue weighted by Crippen LogP contribution is -2.53. The maximum Gasteiger partial charge on any atom is 0.317 e. The summed E-state index contributed by atoms with van der Waals surface area (Å²) < 4.78 is 5.65. The van der Waals surface area contributed by atoms with Crippen LogP contribution in [0, 0.1) is 6.92 Å². The number of nitrogens with zero attached hydrogens (tertiary/aromatic N) is 2. The normalized spacial score (nSPS) is 13.9. The SMILES string of the molecule is Cc1ccc(CC(=O)N2CCN(C(=O)NCCc3ccc(OC(C)C)cc3)CC2)cc1. The zero-order valence-corrected chi connectivity index (χ0v) is 18.8. The summed E-state index contributed by atoms with van der Waals surface area (Å²) in [5, 5.41) is 2.99. The molecule has 0 atom stereocenters. The van der Waals surface area contributed by atoms with Gasteiger partial charge in [-0.2, -0.15) is 0 Å². The molecule has 31 heavy (non-hydrogen) atoms. The van der Waals surface area contributed by atoms with Gasteiger partial charge in [0.15, 0.2) is 0 Å². The summed E-state index contributed by atoms with van der Waals surface area (Å²) in [7, 11) is 0. The van der Waals surface area contributed by atoms with Crippen LogP contribution in [0.5, 0.6) is 5.75 Å². The van der Waals surface area contributed by atoms with Crippen molar-refractivity contribution in [3.63, 3.8) is 0 Å². The van der Waals surface area contributed by atoms with E-state index in [1.165, 1.54) is 5.56 Å². The summed E-state index contributed by atoms with van der Waals surface area (Å²) in [5.74, 6) is 0.978. The first kappa shape index (κ1) is 22.7. The Morgan fingerprint density at radius 1 is 0.903 bits per heavy atom. The fourth-order valence-corrected chi connectivity index (χ4v) is 3.58. The zero-order chi connectivity index (χ0) is 22.2. The van der Waals surface area contributed by atoms with Crippen LogP contribution >= 0.6 is 0 Å². The Hall–Kier alpha value is -3.02. The molecule has 0 spiro atoms. The first-order valence-corrected chi connectivity index (χ1v) is 11.0. The molecule has 0 unspecified atom stereocenters. The molecular formula is C25H33N3O3. The predicted molar refractivity (Wildman–Crippen MR) is 122 cm³/mol. The van der Waals surface area contributed by atoms with Crippen molar-refractivity contribution in [3.05, 3.63) is 65.2 Å². The maximum absolute atomic E-state index is 12.5. The number of hydrogen-bond donors (Lipinski definition) is 1. The van der Waals surface area contributed by atoms with E-state index in [1.807, 2.05) is 74.2 Å². The summed E-state index contributed by atoms with van der Waals surface area (Å²) >= 11 is 0. The van der Waals surface area contributed by atoms with Gasteiger partial charge in [0.1, 0.15) is 5.75 Å². The average molecular weight is 424 g/mol. The quantitative estimate of drug-likeness (QED) is 0.742. The number of carbonyl (C=O) groups is 2. The van der Waals surface area contributed by atoms with Crippen LogP contribution in [0.3, 0.4) is 0 Å². The zero-order valence-electron chi connectivity index (χ0n) is 18.8. The van der Waals surface area contributed by atoms with Crippen molar-refractivity contribution in [2.24, 2.45) is 0 Å². The Balaban J connectivity index is 1.37. The van der Waals surface area contributed by atoms with Crippen molar-refractivity contribution in [2.45, 2.75) is 39.7 Å². The van der Waals surface area contributed by atoms with Crippen molar-refractivity contribution in [3.8, 4) is 5.75 Å². The minimum absolute atomic E-state index is 0.0644. The van der Waals surface area contributed by atoms with Gasteiger partial charge in [0.2, 0.25) is 5.91 Å². The predicted octanol–water partition coefficient (Wildman–Crippen LogP) is 3.42. The number of nitrogens with one attached hydrogen (secondary N) is 1. The van der Waals surface area contributed by atoms with Gasteiger partial charge in [0, 0.05) is 32.7 Å². The lowest BCUT2D eigenvalue weighted by atomic mass is 10.1. The summed E-state index contributed by atoms with van der Waals surface area (Å²) in [6.45, 7) is 8.90. The summed E-state index contributed by atoms with van der Waals surface area (Å²) in [6.07, 6.45) is 1.33. The lowest BCUT2D eigenvalue weighted by molar-refractivity contribution is -0.131.